The Morgan fingerprint density at radius 2 is 1.95 bits per heavy atom. The first-order valence-electron chi connectivity index (χ1n) is 6.98. The highest BCUT2D eigenvalue weighted by Gasteiger charge is 2.21. The largest absolute Gasteiger partial charge is 0.476 e. The molecule has 1 rings (SSSR count). The lowest BCUT2D eigenvalue weighted by atomic mass is 9.97. The van der Waals surface area contributed by atoms with Crippen molar-refractivity contribution in [2.45, 2.75) is 52.5 Å². The van der Waals surface area contributed by atoms with Crippen molar-refractivity contribution in [3.8, 4) is 0 Å². The average molecular weight is 298 g/mol. The zero-order chi connectivity index (χ0) is 15.1. The van der Waals surface area contributed by atoms with Gasteiger partial charge in [-0.25, -0.2) is 9.78 Å². The van der Waals surface area contributed by atoms with E-state index < -0.39 is 5.97 Å². The van der Waals surface area contributed by atoms with Crippen molar-refractivity contribution in [1.82, 2.24) is 10.3 Å². The fourth-order valence-electron chi connectivity index (χ4n) is 2.08. The molecule has 0 aliphatic heterocycles. The Morgan fingerprint density at radius 1 is 1.35 bits per heavy atom. The molecule has 1 unspecified atom stereocenters. The van der Waals surface area contributed by atoms with Gasteiger partial charge in [0.15, 0.2) is 5.69 Å². The van der Waals surface area contributed by atoms with Gasteiger partial charge in [-0.1, -0.05) is 26.7 Å². The van der Waals surface area contributed by atoms with Crippen molar-refractivity contribution in [1.29, 1.82) is 0 Å². The van der Waals surface area contributed by atoms with Crippen LogP contribution in [0.25, 0.3) is 0 Å². The molecule has 0 fully saturated rings. The summed E-state index contributed by atoms with van der Waals surface area (Å²) in [7, 11) is 0. The van der Waals surface area contributed by atoms with E-state index >= 15 is 0 Å². The molecule has 112 valence electrons. The summed E-state index contributed by atoms with van der Waals surface area (Å²) in [6.07, 6.45) is 3.72. The number of carbonyl (C=O) groups excluding carboxylic acids is 1. The minimum absolute atomic E-state index is 0.0322. The molecule has 1 aromatic rings. The number of amides is 1. The number of rotatable bonds is 8. The first kappa shape index (κ1) is 16.6. The summed E-state index contributed by atoms with van der Waals surface area (Å²) >= 11 is 1.26. The molecule has 2 N–H and O–H groups in total. The molecule has 0 spiro atoms. The number of nitrogens with zero attached hydrogens (tertiary/aromatic N) is 1. The molecule has 1 aromatic heterocycles. The van der Waals surface area contributed by atoms with Gasteiger partial charge in [-0.15, -0.1) is 11.3 Å². The number of nitrogens with one attached hydrogen (secondary N) is 1. The van der Waals surface area contributed by atoms with Gasteiger partial charge >= 0.3 is 5.97 Å². The van der Waals surface area contributed by atoms with E-state index in [1.165, 1.54) is 16.7 Å². The Kier molecular flexibility index (Phi) is 6.64. The van der Waals surface area contributed by atoms with Crippen LogP contribution in [0.5, 0.6) is 0 Å². The highest BCUT2D eigenvalue weighted by atomic mass is 32.1. The van der Waals surface area contributed by atoms with Crippen LogP contribution in [0.2, 0.25) is 0 Å². The molecule has 0 aromatic carbocycles. The molecule has 5 nitrogen and oxygen atoms in total. The van der Waals surface area contributed by atoms with E-state index in [1.54, 1.807) is 0 Å². The molecular weight excluding hydrogens is 276 g/mol. The monoisotopic (exact) mass is 298 g/mol. The van der Waals surface area contributed by atoms with Crippen molar-refractivity contribution < 1.29 is 14.7 Å². The van der Waals surface area contributed by atoms with Gasteiger partial charge in [0, 0.05) is 11.3 Å². The second-order valence-corrected chi connectivity index (χ2v) is 5.77. The first-order valence-corrected chi connectivity index (χ1v) is 7.86. The van der Waals surface area contributed by atoms with Crippen LogP contribution in [-0.4, -0.2) is 22.0 Å². The van der Waals surface area contributed by atoms with Crippen molar-refractivity contribution in [2.24, 2.45) is 5.92 Å². The summed E-state index contributed by atoms with van der Waals surface area (Å²) in [5.74, 6) is -0.972. The maximum atomic E-state index is 12.2. The molecule has 0 aliphatic rings. The molecule has 0 radical (unpaired) electrons. The lowest BCUT2D eigenvalue weighted by Crippen LogP contribution is -2.32. The summed E-state index contributed by atoms with van der Waals surface area (Å²) in [6.45, 7) is 5.97. The summed E-state index contributed by atoms with van der Waals surface area (Å²) in [5, 5.41) is 13.9. The van der Waals surface area contributed by atoms with Crippen molar-refractivity contribution >= 4 is 23.2 Å². The third kappa shape index (κ3) is 4.59. The van der Waals surface area contributed by atoms with Crippen LogP contribution in [0, 0.1) is 5.92 Å². The fraction of sp³-hybridized carbons (Fsp3) is 0.643. The van der Waals surface area contributed by atoms with E-state index in [1.807, 2.05) is 6.92 Å². The molecule has 1 atom stereocenters. The predicted octanol–water partition coefficient (Wildman–Crippen LogP) is 3.23. The highest BCUT2D eigenvalue weighted by molar-refractivity contribution is 7.09. The lowest BCUT2D eigenvalue weighted by molar-refractivity contribution is -0.126. The van der Waals surface area contributed by atoms with Crippen LogP contribution in [0.1, 0.15) is 68.0 Å². The Balaban J connectivity index is 2.65. The summed E-state index contributed by atoms with van der Waals surface area (Å²) in [4.78, 5) is 27.0. The van der Waals surface area contributed by atoms with Gasteiger partial charge in [-0.05, 0) is 19.8 Å². The topological polar surface area (TPSA) is 79.3 Å². The third-order valence-electron chi connectivity index (χ3n) is 3.12. The number of aromatic nitrogens is 1. The van der Waals surface area contributed by atoms with Gasteiger partial charge in [0.2, 0.25) is 5.91 Å². The zero-order valence-electron chi connectivity index (χ0n) is 12.2. The van der Waals surface area contributed by atoms with Gasteiger partial charge in [-0.3, -0.25) is 4.79 Å². The van der Waals surface area contributed by atoms with Crippen molar-refractivity contribution in [2.75, 3.05) is 0 Å². The normalized spacial score (nSPS) is 12.4. The molecule has 0 saturated carbocycles. The van der Waals surface area contributed by atoms with Crippen molar-refractivity contribution in [3.63, 3.8) is 0 Å². The van der Waals surface area contributed by atoms with Gasteiger partial charge in [0.1, 0.15) is 5.01 Å². The molecule has 20 heavy (non-hydrogen) atoms. The first-order chi connectivity index (χ1) is 9.49. The Labute approximate surface area is 123 Å². The van der Waals surface area contributed by atoms with Crippen LogP contribution in [0.15, 0.2) is 5.38 Å². The fourth-order valence-corrected chi connectivity index (χ4v) is 2.88. The SMILES string of the molecule is CCCC(CCC)C(=O)NC(C)c1nc(C(=O)O)cs1. The van der Waals surface area contributed by atoms with E-state index in [2.05, 4.69) is 24.1 Å². The number of aromatic carboxylic acids is 1. The number of carboxylic acid groups (broad SMARTS) is 1. The van der Waals surface area contributed by atoms with Gasteiger partial charge in [-0.2, -0.15) is 0 Å². The average Bonchev–Trinajstić information content (AvgIpc) is 2.88. The van der Waals surface area contributed by atoms with E-state index in [9.17, 15) is 9.59 Å². The minimum atomic E-state index is -1.04. The molecule has 0 saturated heterocycles. The second-order valence-electron chi connectivity index (χ2n) is 4.88. The van der Waals surface area contributed by atoms with Crippen LogP contribution in [0.4, 0.5) is 0 Å². The quantitative estimate of drug-likeness (QED) is 0.772. The van der Waals surface area contributed by atoms with Gasteiger partial charge in [0.25, 0.3) is 0 Å². The summed E-state index contributed by atoms with van der Waals surface area (Å²) in [6, 6.07) is -0.253. The lowest BCUT2D eigenvalue weighted by Gasteiger charge is -2.18. The highest BCUT2D eigenvalue weighted by Crippen LogP contribution is 2.20. The zero-order valence-corrected chi connectivity index (χ0v) is 13.0. The van der Waals surface area contributed by atoms with Crippen LogP contribution in [0.3, 0.4) is 0 Å². The van der Waals surface area contributed by atoms with Crippen LogP contribution >= 0.6 is 11.3 Å². The van der Waals surface area contributed by atoms with E-state index in [4.69, 9.17) is 5.11 Å². The molecule has 6 heteroatoms. The summed E-state index contributed by atoms with van der Waals surface area (Å²) < 4.78 is 0. The molecule has 0 bridgehead atoms. The smallest absolute Gasteiger partial charge is 0.355 e. The van der Waals surface area contributed by atoms with E-state index in [-0.39, 0.29) is 23.6 Å². The van der Waals surface area contributed by atoms with Gasteiger partial charge < -0.3 is 10.4 Å². The number of thiazole rings is 1. The number of hydrogen-bond acceptors (Lipinski definition) is 4. The van der Waals surface area contributed by atoms with Crippen LogP contribution in [-0.2, 0) is 4.79 Å². The number of carbonyl (C=O) groups is 2. The van der Waals surface area contributed by atoms with Crippen molar-refractivity contribution in [3.05, 3.63) is 16.1 Å². The Morgan fingerprint density at radius 3 is 2.40 bits per heavy atom. The third-order valence-corrected chi connectivity index (χ3v) is 4.14. The van der Waals surface area contributed by atoms with Crippen LogP contribution < -0.4 is 5.32 Å². The minimum Gasteiger partial charge on any atom is -0.476 e. The van der Waals surface area contributed by atoms with E-state index in [0.29, 0.717) is 5.01 Å². The number of hydrogen-bond donors (Lipinski definition) is 2. The maximum absolute atomic E-state index is 12.2. The predicted molar refractivity (Wildman–Crippen MR) is 78.9 cm³/mol. The Bertz CT molecular complexity index is 453. The molecule has 1 heterocycles. The number of carboxylic acids is 1. The van der Waals surface area contributed by atoms with Gasteiger partial charge in [0.05, 0.1) is 6.04 Å². The maximum Gasteiger partial charge on any atom is 0.355 e. The molecule has 0 aliphatic carbocycles. The second kappa shape index (κ2) is 7.99. The summed E-state index contributed by atoms with van der Waals surface area (Å²) in [5.41, 5.74) is 0.0322. The molecular formula is C14H22N2O3S. The van der Waals surface area contributed by atoms with E-state index in [0.717, 1.165) is 25.7 Å². The molecule has 1 amide bonds. The standard InChI is InChI=1S/C14H22N2O3S/c1-4-6-10(7-5-2)12(17)15-9(3)13-16-11(8-20-13)14(18)19/h8-10H,4-7H2,1-3H3,(H,15,17)(H,18,19). The Hall–Kier alpha value is -1.43.